The van der Waals surface area contributed by atoms with Crippen molar-refractivity contribution in [1.82, 2.24) is 0 Å². The van der Waals surface area contributed by atoms with Crippen LogP contribution in [-0.2, 0) is 6.61 Å². The molecule has 0 heterocycles. The van der Waals surface area contributed by atoms with Gasteiger partial charge in [0.2, 0.25) is 0 Å². The highest BCUT2D eigenvalue weighted by atomic mass is 35.5. The third-order valence-electron chi connectivity index (χ3n) is 2.45. The van der Waals surface area contributed by atoms with Gasteiger partial charge in [-0.05, 0) is 36.8 Å². The van der Waals surface area contributed by atoms with Gasteiger partial charge in [0.25, 0.3) is 0 Å². The van der Waals surface area contributed by atoms with Crippen molar-refractivity contribution in [3.63, 3.8) is 0 Å². The topological polar surface area (TPSA) is 29.5 Å². The summed E-state index contributed by atoms with van der Waals surface area (Å²) in [5.74, 6) is 0.319. The summed E-state index contributed by atoms with van der Waals surface area (Å²) in [5, 5.41) is 9.75. The standard InChI is InChI=1S/C14H12ClFO2/c1-9-4-12(17)7-13(5-9)18-8-10-2-3-11(16)6-14(10)15/h2-7,17H,8H2,1H3. The lowest BCUT2D eigenvalue weighted by molar-refractivity contribution is 0.304. The Hall–Kier alpha value is -1.74. The van der Waals surface area contributed by atoms with Crippen LogP contribution in [0.5, 0.6) is 11.5 Å². The van der Waals surface area contributed by atoms with E-state index in [1.54, 1.807) is 18.2 Å². The molecule has 1 N–H and O–H groups in total. The predicted molar refractivity (Wildman–Crippen MR) is 68.6 cm³/mol. The van der Waals surface area contributed by atoms with E-state index in [2.05, 4.69) is 0 Å². The van der Waals surface area contributed by atoms with Gasteiger partial charge in [0.15, 0.2) is 0 Å². The fraction of sp³-hybridized carbons (Fsp3) is 0.143. The summed E-state index contributed by atoms with van der Waals surface area (Å²) in [7, 11) is 0. The molecule has 2 nitrogen and oxygen atoms in total. The van der Waals surface area contributed by atoms with E-state index in [4.69, 9.17) is 16.3 Å². The molecule has 2 rings (SSSR count). The Balaban J connectivity index is 2.11. The van der Waals surface area contributed by atoms with Crippen LogP contribution in [0.25, 0.3) is 0 Å². The monoisotopic (exact) mass is 266 g/mol. The number of rotatable bonds is 3. The van der Waals surface area contributed by atoms with Crippen LogP contribution in [0, 0.1) is 12.7 Å². The lowest BCUT2D eigenvalue weighted by Crippen LogP contribution is -1.97. The summed E-state index contributed by atoms with van der Waals surface area (Å²) in [4.78, 5) is 0. The summed E-state index contributed by atoms with van der Waals surface area (Å²) in [5.41, 5.74) is 1.59. The predicted octanol–water partition coefficient (Wildman–Crippen LogP) is 4.07. The lowest BCUT2D eigenvalue weighted by atomic mass is 10.2. The number of benzene rings is 2. The summed E-state index contributed by atoms with van der Waals surface area (Å²) < 4.78 is 18.4. The maximum atomic E-state index is 12.9. The molecule has 0 bridgehead atoms. The number of hydrogen-bond donors (Lipinski definition) is 1. The Labute approximate surface area is 110 Å². The van der Waals surface area contributed by atoms with Crippen molar-refractivity contribution >= 4 is 11.6 Å². The minimum absolute atomic E-state index is 0.148. The summed E-state index contributed by atoms with van der Waals surface area (Å²) in [6.07, 6.45) is 0. The van der Waals surface area contributed by atoms with Crippen LogP contribution in [0.15, 0.2) is 36.4 Å². The van der Waals surface area contributed by atoms with E-state index in [9.17, 15) is 9.50 Å². The molecule has 94 valence electrons. The van der Waals surface area contributed by atoms with Gasteiger partial charge < -0.3 is 9.84 Å². The van der Waals surface area contributed by atoms with E-state index in [0.717, 1.165) is 5.56 Å². The third kappa shape index (κ3) is 3.14. The van der Waals surface area contributed by atoms with Gasteiger partial charge in [-0.1, -0.05) is 17.7 Å². The number of ether oxygens (including phenoxy) is 1. The molecule has 0 saturated heterocycles. The van der Waals surface area contributed by atoms with Gasteiger partial charge in [-0.15, -0.1) is 0 Å². The quantitative estimate of drug-likeness (QED) is 0.907. The van der Waals surface area contributed by atoms with Crippen molar-refractivity contribution in [2.75, 3.05) is 0 Å². The number of phenolic OH excluding ortho intramolecular Hbond substituents is 1. The van der Waals surface area contributed by atoms with Crippen LogP contribution >= 0.6 is 11.6 Å². The van der Waals surface area contributed by atoms with Gasteiger partial charge in [-0.2, -0.15) is 0 Å². The molecule has 0 unspecified atom stereocenters. The number of aromatic hydroxyl groups is 1. The van der Waals surface area contributed by atoms with Gasteiger partial charge in [-0.3, -0.25) is 0 Å². The van der Waals surface area contributed by atoms with Crippen molar-refractivity contribution in [1.29, 1.82) is 0 Å². The number of halogens is 2. The highest BCUT2D eigenvalue weighted by molar-refractivity contribution is 6.31. The summed E-state index contributed by atoms with van der Waals surface area (Å²) in [6, 6.07) is 9.11. The van der Waals surface area contributed by atoms with E-state index in [1.807, 2.05) is 6.92 Å². The Morgan fingerprint density at radius 3 is 2.67 bits per heavy atom. The van der Waals surface area contributed by atoms with Gasteiger partial charge >= 0.3 is 0 Å². The van der Waals surface area contributed by atoms with Gasteiger partial charge in [0, 0.05) is 11.6 Å². The summed E-state index contributed by atoms with van der Waals surface area (Å²) >= 11 is 5.89. The largest absolute Gasteiger partial charge is 0.508 e. The molecule has 2 aromatic carbocycles. The highest BCUT2D eigenvalue weighted by Gasteiger charge is 2.04. The second kappa shape index (κ2) is 5.27. The van der Waals surface area contributed by atoms with Crippen molar-refractivity contribution in [2.24, 2.45) is 0 Å². The number of aryl methyl sites for hydroxylation is 1. The SMILES string of the molecule is Cc1cc(O)cc(OCc2ccc(F)cc2Cl)c1. The fourth-order valence-corrected chi connectivity index (χ4v) is 1.83. The van der Waals surface area contributed by atoms with E-state index >= 15 is 0 Å². The first-order valence-electron chi connectivity index (χ1n) is 5.42. The lowest BCUT2D eigenvalue weighted by Gasteiger charge is -2.09. The summed E-state index contributed by atoms with van der Waals surface area (Å²) in [6.45, 7) is 2.08. The van der Waals surface area contributed by atoms with E-state index < -0.39 is 0 Å². The van der Waals surface area contributed by atoms with Gasteiger partial charge in [0.1, 0.15) is 23.9 Å². The van der Waals surface area contributed by atoms with Gasteiger partial charge in [-0.25, -0.2) is 4.39 Å². The zero-order chi connectivity index (χ0) is 13.1. The normalized spacial score (nSPS) is 10.4. The maximum Gasteiger partial charge on any atom is 0.124 e. The molecule has 4 heteroatoms. The molecule has 2 aromatic rings. The molecule has 0 radical (unpaired) electrons. The molecular formula is C14H12ClFO2. The van der Waals surface area contributed by atoms with Crippen LogP contribution < -0.4 is 4.74 Å². The molecule has 0 aliphatic rings. The molecule has 0 aliphatic heterocycles. The molecule has 0 aromatic heterocycles. The molecule has 0 saturated carbocycles. The van der Waals surface area contributed by atoms with Crippen molar-refractivity contribution in [3.8, 4) is 11.5 Å². The smallest absolute Gasteiger partial charge is 0.124 e. The molecule has 0 spiro atoms. The second-order valence-electron chi connectivity index (χ2n) is 4.03. The molecule has 0 atom stereocenters. The average Bonchev–Trinajstić information content (AvgIpc) is 2.26. The zero-order valence-corrected chi connectivity index (χ0v) is 10.5. The first kappa shape index (κ1) is 12.7. The van der Waals surface area contributed by atoms with Gasteiger partial charge in [0.05, 0.1) is 5.02 Å². The Kier molecular flexibility index (Phi) is 3.72. The van der Waals surface area contributed by atoms with E-state index in [-0.39, 0.29) is 18.2 Å². The molecule has 0 amide bonds. The fourth-order valence-electron chi connectivity index (χ4n) is 1.61. The number of phenols is 1. The van der Waals surface area contributed by atoms with E-state index in [1.165, 1.54) is 18.2 Å². The zero-order valence-electron chi connectivity index (χ0n) is 9.78. The van der Waals surface area contributed by atoms with Crippen LogP contribution in [0.2, 0.25) is 5.02 Å². The average molecular weight is 267 g/mol. The number of hydrogen-bond acceptors (Lipinski definition) is 2. The van der Waals surface area contributed by atoms with Crippen molar-refractivity contribution < 1.29 is 14.2 Å². The maximum absolute atomic E-state index is 12.9. The Morgan fingerprint density at radius 2 is 2.00 bits per heavy atom. The molecule has 0 fully saturated rings. The van der Waals surface area contributed by atoms with E-state index in [0.29, 0.717) is 16.3 Å². The molecular weight excluding hydrogens is 255 g/mol. The van der Waals surface area contributed by atoms with Crippen molar-refractivity contribution in [2.45, 2.75) is 13.5 Å². The van der Waals surface area contributed by atoms with Crippen molar-refractivity contribution in [3.05, 3.63) is 58.4 Å². The van der Waals surface area contributed by atoms with Crippen LogP contribution in [0.4, 0.5) is 4.39 Å². The molecule has 0 aliphatic carbocycles. The van der Waals surface area contributed by atoms with Crippen LogP contribution in [0.3, 0.4) is 0 Å². The Bertz CT molecular complexity index is 549. The first-order chi connectivity index (χ1) is 8.54. The van der Waals surface area contributed by atoms with Crippen LogP contribution in [0.1, 0.15) is 11.1 Å². The minimum Gasteiger partial charge on any atom is -0.508 e. The second-order valence-corrected chi connectivity index (χ2v) is 4.44. The van der Waals surface area contributed by atoms with Crippen LogP contribution in [-0.4, -0.2) is 5.11 Å². The first-order valence-corrected chi connectivity index (χ1v) is 5.80. The Morgan fingerprint density at radius 1 is 1.22 bits per heavy atom. The minimum atomic E-state index is -0.378. The highest BCUT2D eigenvalue weighted by Crippen LogP contribution is 2.24. The molecule has 18 heavy (non-hydrogen) atoms. The third-order valence-corrected chi connectivity index (χ3v) is 2.80.